The fourth-order valence-electron chi connectivity index (χ4n) is 5.28. The van der Waals surface area contributed by atoms with Crippen molar-refractivity contribution in [3.63, 3.8) is 0 Å². The summed E-state index contributed by atoms with van der Waals surface area (Å²) in [5.41, 5.74) is 5.72. The summed E-state index contributed by atoms with van der Waals surface area (Å²) in [5.74, 6) is -0.411. The average molecular weight is 612 g/mol. The Labute approximate surface area is 262 Å². The first-order chi connectivity index (χ1) is 21.4. The van der Waals surface area contributed by atoms with Crippen LogP contribution in [0.4, 0.5) is 0 Å². The second-order valence-corrected chi connectivity index (χ2v) is 12.0. The van der Waals surface area contributed by atoms with Gasteiger partial charge in [-0.05, 0) is 39.9 Å². The number of hydrogen-bond donors (Lipinski definition) is 3. The summed E-state index contributed by atoms with van der Waals surface area (Å²) in [6.07, 6.45) is -1.06. The predicted molar refractivity (Wildman–Crippen MR) is 171 cm³/mol. The van der Waals surface area contributed by atoms with E-state index in [1.807, 2.05) is 91.0 Å². The molecule has 0 saturated carbocycles. The van der Waals surface area contributed by atoms with Crippen LogP contribution in [0, 0.1) is 5.92 Å². The van der Waals surface area contributed by atoms with Crippen LogP contribution in [0.5, 0.6) is 0 Å². The minimum absolute atomic E-state index is 0.00396. The summed E-state index contributed by atoms with van der Waals surface area (Å²) in [5, 5.41) is 21.2. The van der Waals surface area contributed by atoms with E-state index in [4.69, 9.17) is 14.6 Å². The van der Waals surface area contributed by atoms with Crippen LogP contribution < -0.4 is 5.32 Å². The van der Waals surface area contributed by atoms with Crippen molar-refractivity contribution in [2.24, 2.45) is 5.92 Å². The van der Waals surface area contributed by atoms with E-state index in [0.717, 1.165) is 39.1 Å². The average Bonchev–Trinajstić information content (AvgIpc) is 3.06. The van der Waals surface area contributed by atoms with Crippen molar-refractivity contribution in [1.29, 1.82) is 0 Å². The van der Waals surface area contributed by atoms with Gasteiger partial charge in [0.15, 0.2) is 6.29 Å². The van der Waals surface area contributed by atoms with Gasteiger partial charge < -0.3 is 25.0 Å². The van der Waals surface area contributed by atoms with E-state index >= 15 is 0 Å². The molecule has 1 aliphatic rings. The molecular formula is C36H37NO6S. The van der Waals surface area contributed by atoms with Crippen LogP contribution >= 0.6 is 11.8 Å². The molecule has 0 aromatic heterocycles. The van der Waals surface area contributed by atoms with Crippen LogP contribution in [0.15, 0.2) is 108 Å². The van der Waals surface area contributed by atoms with Gasteiger partial charge in [0.2, 0.25) is 5.91 Å². The van der Waals surface area contributed by atoms with Gasteiger partial charge in [-0.25, -0.2) is 0 Å². The van der Waals surface area contributed by atoms with Crippen LogP contribution in [0.1, 0.15) is 54.4 Å². The van der Waals surface area contributed by atoms with Gasteiger partial charge in [-0.2, -0.15) is 0 Å². The number of hydrogen-bond acceptors (Lipinski definition) is 6. The number of amides is 1. The largest absolute Gasteiger partial charge is 0.481 e. The number of aliphatic hydroxyl groups excluding tert-OH is 1. The number of carboxylic acid groups (broad SMARTS) is 1. The Balaban J connectivity index is 1.34. The zero-order chi connectivity index (χ0) is 30.9. The Hall–Kier alpha value is -3.95. The number of nitrogens with one attached hydrogen (secondary N) is 1. The molecule has 0 spiro atoms. The molecule has 1 amide bonds. The highest BCUT2D eigenvalue weighted by atomic mass is 32.2. The third kappa shape index (κ3) is 8.15. The predicted octanol–water partition coefficient (Wildman–Crippen LogP) is 6.91. The third-order valence-corrected chi connectivity index (χ3v) is 8.93. The lowest BCUT2D eigenvalue weighted by atomic mass is 9.91. The number of carbonyl (C=O) groups excluding carboxylic acids is 1. The Morgan fingerprint density at radius 2 is 1.50 bits per heavy atom. The molecule has 0 bridgehead atoms. The molecule has 3 N–H and O–H groups in total. The number of aliphatic hydroxyl groups is 1. The first-order valence-corrected chi connectivity index (χ1v) is 15.7. The van der Waals surface area contributed by atoms with Crippen LogP contribution in [-0.4, -0.2) is 33.9 Å². The molecule has 0 aliphatic carbocycles. The highest BCUT2D eigenvalue weighted by Crippen LogP contribution is 2.43. The van der Waals surface area contributed by atoms with Gasteiger partial charge in [0.05, 0.1) is 25.2 Å². The molecule has 0 radical (unpaired) electrons. The molecule has 1 heterocycles. The Kier molecular flexibility index (Phi) is 10.9. The first kappa shape index (κ1) is 31.5. The molecule has 8 heteroatoms. The monoisotopic (exact) mass is 611 g/mol. The van der Waals surface area contributed by atoms with Crippen LogP contribution in [0.2, 0.25) is 0 Å². The highest BCUT2D eigenvalue weighted by Gasteiger charge is 2.38. The maximum atomic E-state index is 12.1. The van der Waals surface area contributed by atoms with Gasteiger partial charge >= 0.3 is 5.97 Å². The van der Waals surface area contributed by atoms with Crippen LogP contribution in [0.3, 0.4) is 0 Å². The highest BCUT2D eigenvalue weighted by molar-refractivity contribution is 7.99. The molecular weight excluding hydrogens is 574 g/mol. The van der Waals surface area contributed by atoms with Crippen LogP contribution in [-0.2, 0) is 32.2 Å². The van der Waals surface area contributed by atoms with Crippen molar-refractivity contribution >= 4 is 23.6 Å². The summed E-state index contributed by atoms with van der Waals surface area (Å²) in [6.45, 7) is 2.47. The molecule has 44 heavy (non-hydrogen) atoms. The number of aliphatic carboxylic acids is 1. The van der Waals surface area contributed by atoms with Gasteiger partial charge in [0.25, 0.3) is 0 Å². The standard InChI is InChI=1S/C36H37NO6S/c1-24-32(23-44-30-8-3-2-4-9-30)42-36(43-35(24)27-13-11-25(22-38)12-14-27)28-17-15-26(16-18-28)31-10-6-5-7-29(31)21-37-33(39)19-20-34(40)41/h2-18,24,32,35-36,38H,19-23H2,1H3,(H,37,39)(H,40,41)/t24-,32+,35+,36+/m0/s1. The zero-order valence-corrected chi connectivity index (χ0v) is 25.4. The fraction of sp³-hybridized carbons (Fsp3) is 0.278. The number of rotatable bonds is 12. The molecule has 4 aromatic rings. The Morgan fingerprint density at radius 3 is 2.20 bits per heavy atom. The van der Waals surface area contributed by atoms with Gasteiger partial charge in [0.1, 0.15) is 0 Å². The second kappa shape index (κ2) is 15.2. The number of thioether (sulfide) groups is 1. The Morgan fingerprint density at radius 1 is 0.818 bits per heavy atom. The number of carboxylic acids is 1. The maximum absolute atomic E-state index is 12.1. The van der Waals surface area contributed by atoms with Crippen LogP contribution in [0.25, 0.3) is 11.1 Å². The number of ether oxygens (including phenoxy) is 2. The summed E-state index contributed by atoms with van der Waals surface area (Å²) in [7, 11) is 0. The molecule has 7 nitrogen and oxygen atoms in total. The van der Waals surface area contributed by atoms with Crippen molar-refractivity contribution in [2.45, 2.75) is 56.3 Å². The summed E-state index contributed by atoms with van der Waals surface area (Å²) in [4.78, 5) is 24.1. The number of carbonyl (C=O) groups is 2. The molecule has 0 unspecified atom stereocenters. The molecule has 4 atom stereocenters. The Bertz CT molecular complexity index is 1530. The number of benzene rings is 4. The lowest BCUT2D eigenvalue weighted by Crippen LogP contribution is -2.38. The molecule has 1 fully saturated rings. The lowest BCUT2D eigenvalue weighted by molar-refractivity contribution is -0.268. The molecule has 5 rings (SSSR count). The van der Waals surface area contributed by atoms with E-state index in [-0.39, 0.29) is 43.5 Å². The third-order valence-electron chi connectivity index (χ3n) is 7.83. The summed E-state index contributed by atoms with van der Waals surface area (Å²) in [6, 6.07) is 34.2. The SMILES string of the molecule is C[C@H]1[C@@H](CSc2ccccc2)O[C@@H](c2ccc(-c3ccccc3CNC(=O)CCC(=O)O)cc2)O[C@H]1c1ccc(CO)cc1. The van der Waals surface area contributed by atoms with Crippen molar-refractivity contribution in [3.05, 3.63) is 125 Å². The van der Waals surface area contributed by atoms with Gasteiger partial charge in [-0.3, -0.25) is 9.59 Å². The van der Waals surface area contributed by atoms with Gasteiger partial charge in [0, 0.05) is 35.1 Å². The van der Waals surface area contributed by atoms with Crippen molar-refractivity contribution in [1.82, 2.24) is 5.32 Å². The second-order valence-electron chi connectivity index (χ2n) is 10.9. The molecule has 228 valence electrons. The van der Waals surface area contributed by atoms with Gasteiger partial charge in [-0.15, -0.1) is 11.8 Å². The van der Waals surface area contributed by atoms with E-state index in [0.29, 0.717) is 6.54 Å². The normalized spacial score (nSPS) is 19.8. The fourth-order valence-corrected chi connectivity index (χ4v) is 6.37. The van der Waals surface area contributed by atoms with E-state index < -0.39 is 12.3 Å². The molecule has 4 aromatic carbocycles. The van der Waals surface area contributed by atoms with E-state index in [1.54, 1.807) is 11.8 Å². The quantitative estimate of drug-likeness (QED) is 0.150. The van der Waals surface area contributed by atoms with Crippen molar-refractivity contribution in [3.8, 4) is 11.1 Å². The zero-order valence-electron chi connectivity index (χ0n) is 24.6. The summed E-state index contributed by atoms with van der Waals surface area (Å²) >= 11 is 1.77. The summed E-state index contributed by atoms with van der Waals surface area (Å²) < 4.78 is 13.2. The topological polar surface area (TPSA) is 105 Å². The first-order valence-electron chi connectivity index (χ1n) is 14.8. The minimum atomic E-state index is -0.992. The van der Waals surface area contributed by atoms with Crippen molar-refractivity contribution in [2.75, 3.05) is 5.75 Å². The molecule has 1 aliphatic heterocycles. The minimum Gasteiger partial charge on any atom is -0.481 e. The lowest BCUT2D eigenvalue weighted by Gasteiger charge is -2.41. The van der Waals surface area contributed by atoms with E-state index in [9.17, 15) is 14.7 Å². The van der Waals surface area contributed by atoms with E-state index in [1.165, 1.54) is 4.90 Å². The van der Waals surface area contributed by atoms with Gasteiger partial charge in [-0.1, -0.05) is 97.9 Å². The van der Waals surface area contributed by atoms with E-state index in [2.05, 4.69) is 24.4 Å². The van der Waals surface area contributed by atoms with Crippen molar-refractivity contribution < 1.29 is 29.3 Å². The molecule has 1 saturated heterocycles. The maximum Gasteiger partial charge on any atom is 0.303 e. The smallest absolute Gasteiger partial charge is 0.303 e.